The van der Waals surface area contributed by atoms with Gasteiger partial charge in [-0.2, -0.15) is 26.3 Å². The van der Waals surface area contributed by atoms with Gasteiger partial charge in [-0.1, -0.05) is 23.2 Å². The molecule has 0 amide bonds. The summed E-state index contributed by atoms with van der Waals surface area (Å²) in [6, 6.07) is 1.99. The van der Waals surface area contributed by atoms with Crippen molar-refractivity contribution >= 4 is 44.8 Å². The molecule has 2 aromatic carbocycles. The van der Waals surface area contributed by atoms with E-state index in [-0.39, 0.29) is 0 Å². The maximum Gasteiger partial charge on any atom is 0.400 e. The molecule has 0 radical (unpaired) electrons. The van der Waals surface area contributed by atoms with Crippen molar-refractivity contribution in [3.05, 3.63) is 45.9 Å². The fourth-order valence-electron chi connectivity index (χ4n) is 2.10. The molecule has 2 aromatic rings. The minimum Gasteiger partial charge on any atom is -0.451 e. The van der Waals surface area contributed by atoms with Crippen molar-refractivity contribution in [3.63, 3.8) is 0 Å². The van der Waals surface area contributed by atoms with Crippen molar-refractivity contribution in [3.8, 4) is 11.5 Å². The molecule has 3 nitrogen and oxygen atoms in total. The smallest absolute Gasteiger partial charge is 0.400 e. The van der Waals surface area contributed by atoms with Gasteiger partial charge in [-0.15, -0.1) is 0 Å². The Labute approximate surface area is 184 Å². The number of rotatable bonds is 6. The Balaban J connectivity index is 2.44. The first-order valence-electron chi connectivity index (χ1n) is 7.63. The third-order valence-corrected chi connectivity index (χ3v) is 6.96. The highest BCUT2D eigenvalue weighted by molar-refractivity contribution is 7.85. The SMILES string of the molecule is O=S(CC(F)(F)F)c1cc(Oc2cc(S(=O)CC(F)(F)F)c(Cl)cc2F)c(F)cc1Cl. The maximum atomic E-state index is 14.1. The molecule has 0 aliphatic rings. The van der Waals surface area contributed by atoms with Crippen LogP contribution in [0.1, 0.15) is 0 Å². The Hall–Kier alpha value is -1.44. The minimum absolute atomic E-state index is 0.469. The molecule has 0 bridgehead atoms. The summed E-state index contributed by atoms with van der Waals surface area (Å²) in [7, 11) is -5.53. The maximum absolute atomic E-state index is 14.1. The minimum atomic E-state index is -4.84. The molecule has 172 valence electrons. The summed E-state index contributed by atoms with van der Waals surface area (Å²) in [6.07, 6.45) is -9.69. The Morgan fingerprint density at radius 1 is 0.710 bits per heavy atom. The van der Waals surface area contributed by atoms with Crippen molar-refractivity contribution in [2.24, 2.45) is 0 Å². The van der Waals surface area contributed by atoms with Crippen molar-refractivity contribution in [1.82, 2.24) is 0 Å². The van der Waals surface area contributed by atoms with E-state index in [2.05, 4.69) is 0 Å². The van der Waals surface area contributed by atoms with Gasteiger partial charge in [0, 0.05) is 12.1 Å². The van der Waals surface area contributed by atoms with E-state index in [4.69, 9.17) is 27.9 Å². The van der Waals surface area contributed by atoms with Crippen LogP contribution in [-0.2, 0) is 21.6 Å². The molecule has 0 aliphatic heterocycles. The standard InChI is InChI=1S/C16H8Cl2F8O3S2/c17-7-1-9(19)11(3-13(7)30(27)5-15(21,22)23)29-12-4-14(8(18)2-10(12)20)31(28)6-16(24,25)26/h1-4H,5-6H2. The molecule has 0 fully saturated rings. The first-order valence-corrected chi connectivity index (χ1v) is 11.0. The number of alkyl halides is 6. The first-order chi connectivity index (χ1) is 14.1. The predicted octanol–water partition coefficient (Wildman–Crippen LogP) is 6.40. The molecule has 0 aromatic heterocycles. The van der Waals surface area contributed by atoms with Gasteiger partial charge in [-0.25, -0.2) is 8.78 Å². The summed E-state index contributed by atoms with van der Waals surface area (Å²) in [4.78, 5) is -1.35. The molecule has 15 heteroatoms. The van der Waals surface area contributed by atoms with Crippen LogP contribution >= 0.6 is 23.2 Å². The van der Waals surface area contributed by atoms with E-state index < -0.39 is 88.4 Å². The average molecular weight is 535 g/mol. The monoisotopic (exact) mass is 534 g/mol. The summed E-state index contributed by atoms with van der Waals surface area (Å²) in [5.74, 6) is -8.08. The second-order valence-corrected chi connectivity index (χ2v) is 9.39. The Morgan fingerprint density at radius 2 is 1.03 bits per heavy atom. The van der Waals surface area contributed by atoms with Gasteiger partial charge >= 0.3 is 12.4 Å². The van der Waals surface area contributed by atoms with Gasteiger partial charge in [0.15, 0.2) is 23.1 Å². The summed E-state index contributed by atoms with van der Waals surface area (Å²) in [5, 5.41) is -1.26. The van der Waals surface area contributed by atoms with Crippen molar-refractivity contribution in [1.29, 1.82) is 0 Å². The van der Waals surface area contributed by atoms with E-state index in [1.807, 2.05) is 0 Å². The normalized spacial score (nSPS) is 14.4. The summed E-state index contributed by atoms with van der Waals surface area (Å²) in [6.45, 7) is 0. The second kappa shape index (κ2) is 9.59. The highest BCUT2D eigenvalue weighted by Crippen LogP contribution is 2.36. The molecule has 0 N–H and O–H groups in total. The molecular formula is C16H8Cl2F8O3S2. The lowest BCUT2D eigenvalue weighted by Crippen LogP contribution is -2.19. The highest BCUT2D eigenvalue weighted by atomic mass is 35.5. The van der Waals surface area contributed by atoms with Crippen LogP contribution in [-0.4, -0.2) is 32.3 Å². The Bertz CT molecular complexity index is 959. The van der Waals surface area contributed by atoms with Crippen LogP contribution in [0.25, 0.3) is 0 Å². The lowest BCUT2D eigenvalue weighted by Gasteiger charge is -2.14. The van der Waals surface area contributed by atoms with E-state index in [9.17, 15) is 43.5 Å². The third-order valence-electron chi connectivity index (χ3n) is 3.27. The number of benzene rings is 2. The fourth-order valence-corrected chi connectivity index (χ4v) is 4.85. The third kappa shape index (κ3) is 7.29. The Kier molecular flexibility index (Phi) is 7.99. The second-order valence-electron chi connectivity index (χ2n) is 5.74. The first kappa shape index (κ1) is 25.8. The zero-order valence-electron chi connectivity index (χ0n) is 14.5. The summed E-state index contributed by atoms with van der Waals surface area (Å²) >= 11 is 11.2. The van der Waals surface area contributed by atoms with Gasteiger partial charge in [0.05, 0.1) is 41.4 Å². The van der Waals surface area contributed by atoms with Crippen LogP contribution in [0, 0.1) is 11.6 Å². The molecule has 0 spiro atoms. The van der Waals surface area contributed by atoms with E-state index >= 15 is 0 Å². The topological polar surface area (TPSA) is 43.4 Å². The van der Waals surface area contributed by atoms with Gasteiger partial charge in [-0.05, 0) is 12.1 Å². The lowest BCUT2D eigenvalue weighted by molar-refractivity contribution is -0.106. The quantitative estimate of drug-likeness (QED) is 0.402. The average Bonchev–Trinajstić information content (AvgIpc) is 2.55. The molecule has 31 heavy (non-hydrogen) atoms. The van der Waals surface area contributed by atoms with E-state index in [1.54, 1.807) is 0 Å². The number of hydrogen-bond acceptors (Lipinski definition) is 3. The van der Waals surface area contributed by atoms with Crippen LogP contribution in [0.15, 0.2) is 34.1 Å². The Morgan fingerprint density at radius 3 is 1.32 bits per heavy atom. The van der Waals surface area contributed by atoms with Crippen LogP contribution in [0.2, 0.25) is 10.0 Å². The predicted molar refractivity (Wildman–Crippen MR) is 97.6 cm³/mol. The zero-order valence-corrected chi connectivity index (χ0v) is 17.7. The van der Waals surface area contributed by atoms with Crippen molar-refractivity contribution in [2.75, 3.05) is 11.5 Å². The van der Waals surface area contributed by atoms with E-state index in [0.29, 0.717) is 24.3 Å². The highest BCUT2D eigenvalue weighted by Gasteiger charge is 2.33. The number of halogens is 10. The molecular weight excluding hydrogens is 527 g/mol. The zero-order chi connectivity index (χ0) is 23.7. The van der Waals surface area contributed by atoms with E-state index in [1.165, 1.54) is 0 Å². The summed E-state index contributed by atoms with van der Waals surface area (Å²) < 4.78 is 132. The van der Waals surface area contributed by atoms with Gasteiger partial charge in [0.1, 0.15) is 11.5 Å². The molecule has 0 saturated heterocycles. The van der Waals surface area contributed by atoms with Gasteiger partial charge in [-0.3, -0.25) is 8.42 Å². The molecule has 0 heterocycles. The van der Waals surface area contributed by atoms with Crippen LogP contribution < -0.4 is 4.74 Å². The molecule has 0 aliphatic carbocycles. The van der Waals surface area contributed by atoms with E-state index in [0.717, 1.165) is 0 Å². The van der Waals surface area contributed by atoms with Crippen molar-refractivity contribution in [2.45, 2.75) is 22.1 Å². The van der Waals surface area contributed by atoms with Gasteiger partial charge < -0.3 is 4.74 Å². The van der Waals surface area contributed by atoms with Crippen LogP contribution in [0.3, 0.4) is 0 Å². The van der Waals surface area contributed by atoms with Crippen LogP contribution in [0.4, 0.5) is 35.1 Å². The largest absolute Gasteiger partial charge is 0.451 e. The molecule has 2 rings (SSSR count). The molecule has 0 saturated carbocycles. The number of ether oxygens (including phenoxy) is 1. The number of hydrogen-bond donors (Lipinski definition) is 0. The van der Waals surface area contributed by atoms with Gasteiger partial charge in [0.25, 0.3) is 0 Å². The molecule has 2 atom stereocenters. The van der Waals surface area contributed by atoms with Gasteiger partial charge in [0.2, 0.25) is 0 Å². The fraction of sp³-hybridized carbons (Fsp3) is 0.250. The van der Waals surface area contributed by atoms with Crippen molar-refractivity contribution < 1.29 is 48.3 Å². The molecule has 2 unspecified atom stereocenters. The summed E-state index contributed by atoms with van der Waals surface area (Å²) in [5.41, 5.74) is 0. The lowest BCUT2D eigenvalue weighted by atomic mass is 10.3. The van der Waals surface area contributed by atoms with Crippen LogP contribution in [0.5, 0.6) is 11.5 Å².